The van der Waals surface area contributed by atoms with Gasteiger partial charge in [0.25, 0.3) is 5.91 Å². The number of anilines is 1. The van der Waals surface area contributed by atoms with E-state index in [0.29, 0.717) is 41.4 Å². The van der Waals surface area contributed by atoms with Gasteiger partial charge in [-0.1, -0.05) is 30.8 Å². The molecule has 5 rings (SSSR count). The SMILES string of the molecule is C=CC(=O)N1CCC[C@@H](n2nc(-c3ccc(CNC(=O)c4cc(OC)ccc4F)cc3)c3c(N)ncnc32)C1. The van der Waals surface area contributed by atoms with Crippen molar-refractivity contribution in [3.05, 3.63) is 78.4 Å². The molecule has 0 spiro atoms. The molecule has 0 aliphatic carbocycles. The lowest BCUT2D eigenvalue weighted by Crippen LogP contribution is -2.40. The van der Waals surface area contributed by atoms with Gasteiger partial charge in [-0.2, -0.15) is 5.10 Å². The first kappa shape index (κ1) is 25.8. The van der Waals surface area contributed by atoms with Crippen molar-refractivity contribution in [2.24, 2.45) is 0 Å². The summed E-state index contributed by atoms with van der Waals surface area (Å²) in [4.78, 5) is 35.2. The van der Waals surface area contributed by atoms with Crippen LogP contribution in [-0.4, -0.2) is 56.7 Å². The Hall–Kier alpha value is -4.80. The van der Waals surface area contributed by atoms with Crippen LogP contribution in [0, 0.1) is 5.82 Å². The molecule has 2 amide bonds. The molecule has 0 saturated carbocycles. The summed E-state index contributed by atoms with van der Waals surface area (Å²) < 4.78 is 21.0. The fraction of sp³-hybridized carbons (Fsp3) is 0.250. The summed E-state index contributed by atoms with van der Waals surface area (Å²) in [5.41, 5.74) is 9.02. The number of piperidine rings is 1. The number of amides is 2. The van der Waals surface area contributed by atoms with E-state index in [1.807, 2.05) is 28.9 Å². The van der Waals surface area contributed by atoms with E-state index in [4.69, 9.17) is 15.6 Å². The second-order valence-electron chi connectivity index (χ2n) is 9.26. The molecular formula is C28H28FN7O3. The second-order valence-corrected chi connectivity index (χ2v) is 9.26. The molecule has 3 heterocycles. The summed E-state index contributed by atoms with van der Waals surface area (Å²) in [6.07, 6.45) is 4.41. The van der Waals surface area contributed by atoms with Gasteiger partial charge in [0.1, 0.15) is 29.4 Å². The summed E-state index contributed by atoms with van der Waals surface area (Å²) >= 11 is 0. The molecule has 11 heteroatoms. The zero-order valence-corrected chi connectivity index (χ0v) is 21.4. The molecule has 0 radical (unpaired) electrons. The maximum atomic E-state index is 14.1. The van der Waals surface area contributed by atoms with Crippen molar-refractivity contribution >= 4 is 28.7 Å². The van der Waals surface area contributed by atoms with Crippen LogP contribution in [0.15, 0.2) is 61.4 Å². The van der Waals surface area contributed by atoms with Crippen LogP contribution < -0.4 is 15.8 Å². The average Bonchev–Trinajstić information content (AvgIpc) is 3.37. The predicted octanol–water partition coefficient (Wildman–Crippen LogP) is 3.50. The highest BCUT2D eigenvalue weighted by Crippen LogP contribution is 2.34. The molecule has 3 N–H and O–H groups in total. The third kappa shape index (κ3) is 5.15. The highest BCUT2D eigenvalue weighted by molar-refractivity contribution is 5.98. The first-order valence-electron chi connectivity index (χ1n) is 12.5. The van der Waals surface area contributed by atoms with Gasteiger partial charge >= 0.3 is 0 Å². The second kappa shape index (κ2) is 10.9. The quantitative estimate of drug-likeness (QED) is 0.351. The zero-order chi connectivity index (χ0) is 27.5. The molecule has 0 unspecified atom stereocenters. The Labute approximate surface area is 224 Å². The van der Waals surface area contributed by atoms with Gasteiger partial charge in [-0.25, -0.2) is 19.0 Å². The number of nitrogens with one attached hydrogen (secondary N) is 1. The first-order valence-corrected chi connectivity index (χ1v) is 12.5. The molecule has 10 nitrogen and oxygen atoms in total. The van der Waals surface area contributed by atoms with Crippen LogP contribution in [0.2, 0.25) is 0 Å². The number of fused-ring (bicyclic) bond motifs is 1. The molecule has 2 aromatic heterocycles. The van der Waals surface area contributed by atoms with Gasteiger partial charge in [0.05, 0.1) is 24.1 Å². The molecule has 1 aliphatic heterocycles. The minimum atomic E-state index is -0.624. The van der Waals surface area contributed by atoms with Crippen LogP contribution in [0.25, 0.3) is 22.3 Å². The van der Waals surface area contributed by atoms with Gasteiger partial charge in [0, 0.05) is 25.2 Å². The van der Waals surface area contributed by atoms with E-state index in [2.05, 4.69) is 21.9 Å². The number of halogens is 1. The monoisotopic (exact) mass is 529 g/mol. The number of benzene rings is 2. The number of nitrogen functional groups attached to an aromatic ring is 1. The van der Waals surface area contributed by atoms with E-state index in [9.17, 15) is 14.0 Å². The van der Waals surface area contributed by atoms with Crippen LogP contribution in [0.3, 0.4) is 0 Å². The van der Waals surface area contributed by atoms with Gasteiger partial charge in [-0.05, 0) is 42.7 Å². The fourth-order valence-electron chi connectivity index (χ4n) is 4.80. The summed E-state index contributed by atoms with van der Waals surface area (Å²) in [5, 5.41) is 8.26. The number of carbonyl (C=O) groups is 2. The number of ether oxygens (including phenoxy) is 1. The lowest BCUT2D eigenvalue weighted by Gasteiger charge is -2.32. The van der Waals surface area contributed by atoms with E-state index in [-0.39, 0.29) is 24.1 Å². The van der Waals surface area contributed by atoms with Crippen molar-refractivity contribution in [3.8, 4) is 17.0 Å². The number of nitrogens with two attached hydrogens (primary N) is 1. The highest BCUT2D eigenvalue weighted by atomic mass is 19.1. The third-order valence-electron chi connectivity index (χ3n) is 6.85. The smallest absolute Gasteiger partial charge is 0.254 e. The maximum Gasteiger partial charge on any atom is 0.254 e. The van der Waals surface area contributed by atoms with Crippen LogP contribution in [0.5, 0.6) is 5.75 Å². The van der Waals surface area contributed by atoms with Crippen molar-refractivity contribution in [2.45, 2.75) is 25.4 Å². The van der Waals surface area contributed by atoms with Crippen molar-refractivity contribution < 1.29 is 18.7 Å². The summed E-state index contributed by atoms with van der Waals surface area (Å²) in [7, 11) is 1.45. The fourth-order valence-corrected chi connectivity index (χ4v) is 4.80. The van der Waals surface area contributed by atoms with Gasteiger partial charge in [-0.3, -0.25) is 9.59 Å². The predicted molar refractivity (Wildman–Crippen MR) is 144 cm³/mol. The number of hydrogen-bond donors (Lipinski definition) is 2. The molecule has 200 valence electrons. The molecular weight excluding hydrogens is 501 g/mol. The molecule has 1 fully saturated rings. The Balaban J connectivity index is 1.38. The topological polar surface area (TPSA) is 128 Å². The number of rotatable bonds is 7. The number of aromatic nitrogens is 4. The molecule has 2 aromatic carbocycles. The van der Waals surface area contributed by atoms with Gasteiger partial charge in [0.15, 0.2) is 5.65 Å². The Bertz CT molecular complexity index is 1550. The Morgan fingerprint density at radius 2 is 2.03 bits per heavy atom. The summed E-state index contributed by atoms with van der Waals surface area (Å²) in [6.45, 7) is 4.97. The van der Waals surface area contributed by atoms with E-state index >= 15 is 0 Å². The number of hydrogen-bond acceptors (Lipinski definition) is 7. The van der Waals surface area contributed by atoms with Crippen molar-refractivity contribution in [1.82, 2.24) is 30.0 Å². The summed E-state index contributed by atoms with van der Waals surface area (Å²) in [5.74, 6) is -0.563. The van der Waals surface area contributed by atoms with Crippen LogP contribution in [0.1, 0.15) is 34.8 Å². The zero-order valence-electron chi connectivity index (χ0n) is 21.4. The molecule has 0 bridgehead atoms. The van der Waals surface area contributed by atoms with Crippen LogP contribution >= 0.6 is 0 Å². The van der Waals surface area contributed by atoms with E-state index < -0.39 is 11.7 Å². The molecule has 1 saturated heterocycles. The molecule has 1 aliphatic rings. The number of methoxy groups -OCH3 is 1. The number of nitrogens with zero attached hydrogens (tertiary/aromatic N) is 5. The van der Waals surface area contributed by atoms with Crippen molar-refractivity contribution in [2.75, 3.05) is 25.9 Å². The standard InChI is InChI=1S/C28H28FN7O3/c1-3-23(37)35-12-4-5-19(15-35)36-27-24(26(30)32-16-33-27)25(34-36)18-8-6-17(7-9-18)14-31-28(38)21-13-20(39-2)10-11-22(21)29/h3,6-11,13,16,19H,1,4-5,12,14-15H2,2H3,(H,31,38)(H2,30,32,33)/t19-/m1/s1. The normalized spacial score (nSPS) is 15.2. The van der Waals surface area contributed by atoms with Crippen molar-refractivity contribution in [3.63, 3.8) is 0 Å². The molecule has 1 atom stereocenters. The Morgan fingerprint density at radius 3 is 2.77 bits per heavy atom. The van der Waals surface area contributed by atoms with Gasteiger partial charge in [-0.15, -0.1) is 0 Å². The highest BCUT2D eigenvalue weighted by Gasteiger charge is 2.28. The average molecular weight is 530 g/mol. The Kier molecular flexibility index (Phi) is 7.22. The van der Waals surface area contributed by atoms with E-state index in [1.165, 1.54) is 37.7 Å². The van der Waals surface area contributed by atoms with E-state index in [0.717, 1.165) is 24.0 Å². The lowest BCUT2D eigenvalue weighted by atomic mass is 10.1. The van der Waals surface area contributed by atoms with Gasteiger partial charge in [0.2, 0.25) is 5.91 Å². The largest absolute Gasteiger partial charge is 0.497 e. The number of carbonyl (C=O) groups excluding carboxylic acids is 2. The minimum absolute atomic E-state index is 0.0697. The number of likely N-dealkylation sites (tertiary alicyclic amines) is 1. The third-order valence-corrected chi connectivity index (χ3v) is 6.85. The van der Waals surface area contributed by atoms with Crippen LogP contribution in [0.4, 0.5) is 10.2 Å². The van der Waals surface area contributed by atoms with Gasteiger partial charge < -0.3 is 20.7 Å². The van der Waals surface area contributed by atoms with Crippen LogP contribution in [-0.2, 0) is 11.3 Å². The molecule has 39 heavy (non-hydrogen) atoms. The van der Waals surface area contributed by atoms with E-state index in [1.54, 1.807) is 4.90 Å². The maximum absolute atomic E-state index is 14.1. The first-order chi connectivity index (χ1) is 18.9. The summed E-state index contributed by atoms with van der Waals surface area (Å²) in [6, 6.07) is 11.4. The molecule has 4 aromatic rings. The minimum Gasteiger partial charge on any atom is -0.497 e. The Morgan fingerprint density at radius 1 is 1.23 bits per heavy atom. The van der Waals surface area contributed by atoms with Crippen molar-refractivity contribution in [1.29, 1.82) is 0 Å². The lowest BCUT2D eigenvalue weighted by molar-refractivity contribution is -0.127.